The van der Waals surface area contributed by atoms with E-state index >= 15 is 0 Å². The zero-order valence-corrected chi connectivity index (χ0v) is 23.1. The normalized spacial score (nSPS) is 13.3. The van der Waals surface area contributed by atoms with Crippen molar-refractivity contribution in [1.29, 1.82) is 0 Å². The summed E-state index contributed by atoms with van der Waals surface area (Å²) < 4.78 is 18.6. The highest BCUT2D eigenvalue weighted by Crippen LogP contribution is 2.11. The number of rotatable bonds is 15. The largest absolute Gasteiger partial charge is 0.445 e. The topological polar surface area (TPSA) is 114 Å². The summed E-state index contributed by atoms with van der Waals surface area (Å²) in [5, 5.41) is 7.97. The van der Waals surface area contributed by atoms with Gasteiger partial charge in [-0.05, 0) is 42.2 Å². The summed E-state index contributed by atoms with van der Waals surface area (Å²) in [6, 6.07) is 15.1. The van der Waals surface area contributed by atoms with Gasteiger partial charge in [-0.3, -0.25) is 14.4 Å². The molecule has 0 saturated heterocycles. The van der Waals surface area contributed by atoms with Gasteiger partial charge in [-0.15, -0.1) is 0 Å². The number of alkyl halides is 1. The minimum Gasteiger partial charge on any atom is -0.445 e. The first-order chi connectivity index (χ1) is 18.6. The van der Waals surface area contributed by atoms with Crippen molar-refractivity contribution in [3.8, 4) is 0 Å². The molecule has 3 atom stereocenters. The highest BCUT2D eigenvalue weighted by atomic mass is 19.1. The molecule has 0 spiro atoms. The Labute approximate surface area is 230 Å². The molecule has 3 amide bonds. The third-order valence-electron chi connectivity index (χ3n) is 5.99. The Morgan fingerprint density at radius 3 is 1.64 bits per heavy atom. The SMILES string of the molecule is CC(C)C[C@H](NC(=O)OCc1ccccc1)C(=O)N[C@@H](CC(C)C)C(=O)N[C@@H](Cc1ccccc1)C(=O)CF. The lowest BCUT2D eigenvalue weighted by molar-refractivity contribution is -0.132. The molecule has 2 rings (SSSR count). The predicted octanol–water partition coefficient (Wildman–Crippen LogP) is 4.12. The third-order valence-corrected chi connectivity index (χ3v) is 5.99. The first kappa shape index (κ1) is 31.5. The van der Waals surface area contributed by atoms with Crippen LogP contribution in [-0.4, -0.2) is 48.5 Å². The lowest BCUT2D eigenvalue weighted by Crippen LogP contribution is -2.56. The first-order valence-corrected chi connectivity index (χ1v) is 13.3. The van der Waals surface area contributed by atoms with Crippen molar-refractivity contribution in [2.75, 3.05) is 6.67 Å². The van der Waals surface area contributed by atoms with Crippen LogP contribution in [0.4, 0.5) is 9.18 Å². The summed E-state index contributed by atoms with van der Waals surface area (Å²) in [6.45, 7) is 6.44. The Hall–Kier alpha value is -3.75. The maximum absolute atomic E-state index is 13.3. The van der Waals surface area contributed by atoms with Crippen molar-refractivity contribution in [3.05, 3.63) is 71.8 Å². The van der Waals surface area contributed by atoms with Crippen LogP contribution >= 0.6 is 0 Å². The molecule has 0 aliphatic carbocycles. The van der Waals surface area contributed by atoms with Gasteiger partial charge in [0.15, 0.2) is 5.78 Å². The summed E-state index contributed by atoms with van der Waals surface area (Å²) >= 11 is 0. The fourth-order valence-corrected chi connectivity index (χ4v) is 4.05. The molecule has 2 aromatic carbocycles. The minimum atomic E-state index is -1.22. The van der Waals surface area contributed by atoms with E-state index in [1.165, 1.54) is 0 Å². The first-order valence-electron chi connectivity index (χ1n) is 13.3. The minimum absolute atomic E-state index is 0.0258. The van der Waals surface area contributed by atoms with Gasteiger partial charge in [0, 0.05) is 0 Å². The van der Waals surface area contributed by atoms with E-state index in [1.807, 2.05) is 64.1 Å². The van der Waals surface area contributed by atoms with Crippen molar-refractivity contribution in [2.24, 2.45) is 11.8 Å². The standard InChI is InChI=1S/C30H40FN3O5/c1-20(2)15-25(28(36)32-24(27(35)18-31)17-22-11-7-5-8-12-22)33-29(37)26(16-21(3)4)34-30(38)39-19-23-13-9-6-10-14-23/h5-14,20-21,24-26H,15-19H2,1-4H3,(H,32,36)(H,33,37)(H,34,38)/t24-,25-,26-/m0/s1. The van der Waals surface area contributed by atoms with Crippen molar-refractivity contribution in [2.45, 2.75) is 71.7 Å². The van der Waals surface area contributed by atoms with E-state index in [1.54, 1.807) is 24.3 Å². The maximum atomic E-state index is 13.3. The van der Waals surface area contributed by atoms with Crippen LogP contribution in [0.25, 0.3) is 0 Å². The molecule has 8 nitrogen and oxygen atoms in total. The number of ether oxygens (including phenoxy) is 1. The van der Waals surface area contributed by atoms with Gasteiger partial charge in [0.2, 0.25) is 11.8 Å². The number of amides is 3. The summed E-state index contributed by atoms with van der Waals surface area (Å²) in [6.07, 6.45) is -0.0189. The Morgan fingerprint density at radius 2 is 1.15 bits per heavy atom. The lowest BCUT2D eigenvalue weighted by Gasteiger charge is -2.26. The summed E-state index contributed by atoms with van der Waals surface area (Å²) in [5.74, 6) is -1.79. The van der Waals surface area contributed by atoms with Crippen LogP contribution in [0.5, 0.6) is 0 Å². The summed E-state index contributed by atoms with van der Waals surface area (Å²) in [7, 11) is 0. The maximum Gasteiger partial charge on any atom is 0.408 e. The van der Waals surface area contributed by atoms with Gasteiger partial charge >= 0.3 is 6.09 Å². The van der Waals surface area contributed by atoms with E-state index in [9.17, 15) is 23.6 Å². The Balaban J connectivity index is 2.10. The number of carbonyl (C=O) groups excluding carboxylic acids is 4. The molecule has 3 N–H and O–H groups in total. The average molecular weight is 542 g/mol. The van der Waals surface area contributed by atoms with Gasteiger partial charge in [-0.1, -0.05) is 88.4 Å². The number of alkyl carbamates (subject to hydrolysis) is 1. The average Bonchev–Trinajstić information content (AvgIpc) is 2.91. The quantitative estimate of drug-likeness (QED) is 0.314. The van der Waals surface area contributed by atoms with Gasteiger partial charge in [0.25, 0.3) is 0 Å². The number of ketones is 1. The van der Waals surface area contributed by atoms with Crippen LogP contribution in [0, 0.1) is 11.8 Å². The van der Waals surface area contributed by atoms with E-state index in [0.29, 0.717) is 6.42 Å². The Morgan fingerprint density at radius 1 is 0.692 bits per heavy atom. The fourth-order valence-electron chi connectivity index (χ4n) is 4.05. The highest BCUT2D eigenvalue weighted by molar-refractivity contribution is 5.94. The van der Waals surface area contributed by atoms with Gasteiger partial charge < -0.3 is 20.7 Å². The van der Waals surface area contributed by atoms with Crippen LogP contribution in [0.1, 0.15) is 51.7 Å². The number of benzene rings is 2. The second kappa shape index (κ2) is 16.3. The summed E-state index contributed by atoms with van der Waals surface area (Å²) in [4.78, 5) is 51.3. The zero-order chi connectivity index (χ0) is 28.8. The van der Waals surface area contributed by atoms with E-state index in [2.05, 4.69) is 16.0 Å². The second-order valence-electron chi connectivity index (χ2n) is 10.4. The van der Waals surface area contributed by atoms with Gasteiger partial charge in [-0.2, -0.15) is 0 Å². The van der Waals surface area contributed by atoms with Gasteiger partial charge in [0.1, 0.15) is 25.4 Å². The van der Waals surface area contributed by atoms with Gasteiger partial charge in [0.05, 0.1) is 6.04 Å². The van der Waals surface area contributed by atoms with Crippen LogP contribution in [-0.2, 0) is 32.1 Å². The molecule has 0 aromatic heterocycles. The molecule has 0 fully saturated rings. The molecule has 0 bridgehead atoms. The highest BCUT2D eigenvalue weighted by Gasteiger charge is 2.30. The summed E-state index contributed by atoms with van der Waals surface area (Å²) in [5.41, 5.74) is 1.57. The number of hydrogen-bond acceptors (Lipinski definition) is 5. The number of Topliss-reactive ketones (excluding diaryl/α,β-unsaturated/α-hetero) is 1. The number of halogens is 1. The molecule has 0 aliphatic heterocycles. The molecule has 0 saturated carbocycles. The molecule has 9 heteroatoms. The van der Waals surface area contributed by atoms with Crippen molar-refractivity contribution >= 4 is 23.7 Å². The molecule has 2 aromatic rings. The number of carbonyl (C=O) groups is 4. The molecular weight excluding hydrogens is 501 g/mol. The van der Waals surface area contributed by atoms with E-state index < -0.39 is 48.5 Å². The van der Waals surface area contributed by atoms with E-state index in [-0.39, 0.29) is 31.3 Å². The van der Waals surface area contributed by atoms with Crippen LogP contribution < -0.4 is 16.0 Å². The van der Waals surface area contributed by atoms with Crippen molar-refractivity contribution in [3.63, 3.8) is 0 Å². The smallest absolute Gasteiger partial charge is 0.408 e. The van der Waals surface area contributed by atoms with Crippen LogP contribution in [0.3, 0.4) is 0 Å². The molecule has 0 radical (unpaired) electrons. The molecule has 212 valence electrons. The molecule has 0 aliphatic rings. The van der Waals surface area contributed by atoms with Gasteiger partial charge in [-0.25, -0.2) is 9.18 Å². The Bertz CT molecular complexity index is 1060. The number of nitrogens with one attached hydrogen (secondary N) is 3. The predicted molar refractivity (Wildman–Crippen MR) is 147 cm³/mol. The molecular formula is C30H40FN3O5. The fraction of sp³-hybridized carbons (Fsp3) is 0.467. The van der Waals surface area contributed by atoms with E-state index in [0.717, 1.165) is 11.1 Å². The monoisotopic (exact) mass is 541 g/mol. The zero-order valence-electron chi connectivity index (χ0n) is 23.1. The van der Waals surface area contributed by atoms with E-state index in [4.69, 9.17) is 4.74 Å². The lowest BCUT2D eigenvalue weighted by atomic mass is 9.98. The number of hydrogen-bond donors (Lipinski definition) is 3. The van der Waals surface area contributed by atoms with Crippen LogP contribution in [0.15, 0.2) is 60.7 Å². The van der Waals surface area contributed by atoms with Crippen LogP contribution in [0.2, 0.25) is 0 Å². The third kappa shape index (κ3) is 11.7. The molecule has 39 heavy (non-hydrogen) atoms. The van der Waals surface area contributed by atoms with Crippen molar-refractivity contribution < 1.29 is 28.3 Å². The molecule has 0 unspecified atom stereocenters. The Kier molecular flexibility index (Phi) is 13.1. The second-order valence-corrected chi connectivity index (χ2v) is 10.4. The van der Waals surface area contributed by atoms with Crippen molar-refractivity contribution in [1.82, 2.24) is 16.0 Å². The molecule has 0 heterocycles.